The molecule has 0 aliphatic heterocycles. The number of pyridine rings is 2. The van der Waals surface area contributed by atoms with Crippen molar-refractivity contribution in [1.29, 1.82) is 0 Å². The first-order valence-electron chi connectivity index (χ1n) is 22.9. The van der Waals surface area contributed by atoms with E-state index >= 15 is 0 Å². The van der Waals surface area contributed by atoms with E-state index in [1.807, 2.05) is 42.6 Å². The number of rotatable bonds is 8. The third-order valence-corrected chi connectivity index (χ3v) is 14.6. The number of hydrogen-bond acceptors (Lipinski definition) is 4. The molecule has 2 heterocycles. The van der Waals surface area contributed by atoms with Crippen LogP contribution in [0.15, 0.2) is 140 Å². The fourth-order valence-corrected chi connectivity index (χ4v) is 9.98. The van der Waals surface area contributed by atoms with Gasteiger partial charge in [0, 0.05) is 39.7 Å². The van der Waals surface area contributed by atoms with Crippen molar-refractivity contribution in [3.05, 3.63) is 156 Å². The monoisotopic (exact) mass is 878 g/mol. The molecule has 0 unspecified atom stereocenters. The van der Waals surface area contributed by atoms with E-state index in [0.717, 1.165) is 89.0 Å². The molecule has 0 saturated carbocycles. The lowest BCUT2D eigenvalue weighted by atomic mass is 9.59. The summed E-state index contributed by atoms with van der Waals surface area (Å²) in [4.78, 5) is 9.81. The summed E-state index contributed by atoms with van der Waals surface area (Å²) in [6, 6.07) is 44.7. The molecule has 7 aromatic carbocycles. The predicted octanol–water partition coefficient (Wildman–Crippen LogP) is 0.561. The third kappa shape index (κ3) is 8.27. The smallest absolute Gasteiger partial charge is 0.143 e. The van der Waals surface area contributed by atoms with Crippen LogP contribution in [-0.2, 0) is 0 Å². The SMILES string of the molecule is Bc1c(B)c(B)c(-c2cnc(-c3ccc(-c4ccccc4-c4cc(Cl)cc(-c5ccccc5-c5ccc(-c6cc(C)c(-c7c(O)c(B)c(B)c(B)c7O)cn6)cc5)c4)cc3)cc2C)c(B)c1B. The van der Waals surface area contributed by atoms with Gasteiger partial charge in [-0.3, -0.25) is 9.97 Å². The van der Waals surface area contributed by atoms with Crippen LogP contribution in [0.2, 0.25) is 5.02 Å². The number of phenols is 2. The fourth-order valence-electron chi connectivity index (χ4n) is 9.75. The summed E-state index contributed by atoms with van der Waals surface area (Å²) in [5, 5.41) is 22.8. The molecular formula is C54H47B8ClN2O2. The van der Waals surface area contributed by atoms with Crippen molar-refractivity contribution in [2.75, 3.05) is 0 Å². The van der Waals surface area contributed by atoms with Crippen LogP contribution in [0.25, 0.3) is 89.3 Å². The topological polar surface area (TPSA) is 66.2 Å². The first-order chi connectivity index (χ1) is 32.1. The summed E-state index contributed by atoms with van der Waals surface area (Å²) in [7, 11) is 16.8. The highest BCUT2D eigenvalue weighted by Gasteiger charge is 2.21. The number of benzene rings is 7. The largest absolute Gasteiger partial charge is 0.508 e. The van der Waals surface area contributed by atoms with Crippen molar-refractivity contribution in [1.82, 2.24) is 9.97 Å². The zero-order valence-corrected chi connectivity index (χ0v) is 40.7. The number of aromatic hydroxyl groups is 2. The van der Waals surface area contributed by atoms with Gasteiger partial charge in [-0.05, 0) is 105 Å². The zero-order chi connectivity index (χ0) is 47.4. The summed E-state index contributed by atoms with van der Waals surface area (Å²) in [5.74, 6) is 0.171. The van der Waals surface area contributed by atoms with Crippen molar-refractivity contribution in [3.8, 4) is 101 Å². The van der Waals surface area contributed by atoms with Gasteiger partial charge < -0.3 is 10.2 Å². The zero-order valence-electron chi connectivity index (χ0n) is 39.9. The van der Waals surface area contributed by atoms with Crippen molar-refractivity contribution in [3.63, 3.8) is 0 Å². The second kappa shape index (κ2) is 18.1. The van der Waals surface area contributed by atoms with Crippen molar-refractivity contribution >= 4 is 118 Å². The highest BCUT2D eigenvalue weighted by atomic mass is 35.5. The van der Waals surface area contributed by atoms with Gasteiger partial charge in [-0.1, -0.05) is 136 Å². The second-order valence-corrected chi connectivity index (χ2v) is 18.6. The van der Waals surface area contributed by atoms with Gasteiger partial charge in [0.25, 0.3) is 0 Å². The van der Waals surface area contributed by atoms with Crippen LogP contribution in [0.4, 0.5) is 0 Å². The summed E-state index contributed by atoms with van der Waals surface area (Å²) in [6.45, 7) is 4.17. The van der Waals surface area contributed by atoms with Crippen LogP contribution in [-0.4, -0.2) is 83.0 Å². The molecule has 0 spiro atoms. The van der Waals surface area contributed by atoms with Gasteiger partial charge in [-0.2, -0.15) is 0 Å². The molecule has 9 aromatic rings. The lowest BCUT2D eigenvalue weighted by Crippen LogP contribution is -2.55. The fraction of sp³-hybridized carbons (Fsp3) is 0.0370. The van der Waals surface area contributed by atoms with Gasteiger partial charge in [-0.15, -0.1) is 16.4 Å². The predicted molar refractivity (Wildman–Crippen MR) is 309 cm³/mol. The lowest BCUT2D eigenvalue weighted by Gasteiger charge is -2.21. The Kier molecular flexibility index (Phi) is 12.3. The average Bonchev–Trinajstić information content (AvgIpc) is 3.34. The molecule has 316 valence electrons. The maximum absolute atomic E-state index is 11.0. The number of aryl methyl sites for hydroxylation is 2. The Morgan fingerprint density at radius 1 is 0.358 bits per heavy atom. The van der Waals surface area contributed by atoms with Crippen LogP contribution in [0, 0.1) is 13.8 Å². The Morgan fingerprint density at radius 3 is 1.07 bits per heavy atom. The minimum Gasteiger partial charge on any atom is -0.508 e. The highest BCUT2D eigenvalue weighted by molar-refractivity contribution is 6.68. The number of hydrogen-bond donors (Lipinski definition) is 2. The second-order valence-electron chi connectivity index (χ2n) is 18.2. The van der Waals surface area contributed by atoms with Crippen molar-refractivity contribution < 1.29 is 10.2 Å². The molecule has 0 atom stereocenters. The van der Waals surface area contributed by atoms with Crippen molar-refractivity contribution in [2.45, 2.75) is 13.8 Å². The van der Waals surface area contributed by atoms with Gasteiger partial charge in [0.05, 0.1) is 17.0 Å². The molecule has 2 aromatic heterocycles. The van der Waals surface area contributed by atoms with E-state index < -0.39 is 0 Å². The molecule has 0 saturated heterocycles. The summed E-state index contributed by atoms with van der Waals surface area (Å²) < 4.78 is 0. The van der Waals surface area contributed by atoms with E-state index in [9.17, 15) is 10.2 Å². The molecule has 0 aliphatic carbocycles. The van der Waals surface area contributed by atoms with E-state index in [4.69, 9.17) is 21.6 Å². The maximum atomic E-state index is 11.0. The molecule has 0 bridgehead atoms. The minimum absolute atomic E-state index is 0.0857. The van der Waals surface area contributed by atoms with E-state index in [1.165, 1.54) is 44.0 Å². The van der Waals surface area contributed by atoms with Gasteiger partial charge in [0.1, 0.15) is 74.3 Å². The van der Waals surface area contributed by atoms with Gasteiger partial charge in [0.15, 0.2) is 0 Å². The number of aromatic nitrogens is 2. The number of phenolic OH excluding ortho intramolecular Hbond substituents is 2. The number of halogens is 1. The highest BCUT2D eigenvalue weighted by Crippen LogP contribution is 2.41. The van der Waals surface area contributed by atoms with E-state index in [1.54, 1.807) is 6.20 Å². The van der Waals surface area contributed by atoms with Gasteiger partial charge >= 0.3 is 0 Å². The van der Waals surface area contributed by atoms with E-state index in [-0.39, 0.29) is 11.5 Å². The van der Waals surface area contributed by atoms with E-state index in [0.29, 0.717) is 16.1 Å². The van der Waals surface area contributed by atoms with Crippen LogP contribution in [0.1, 0.15) is 11.1 Å². The lowest BCUT2D eigenvalue weighted by molar-refractivity contribution is 0.460. The van der Waals surface area contributed by atoms with Crippen molar-refractivity contribution in [2.24, 2.45) is 0 Å². The summed E-state index contributed by atoms with van der Waals surface area (Å²) in [6.07, 6.45) is 3.79. The molecule has 9 rings (SSSR count). The molecule has 2 N–H and O–H groups in total. The Labute approximate surface area is 406 Å². The molecular weight excluding hydrogens is 831 g/mol. The summed E-state index contributed by atoms with van der Waals surface area (Å²) in [5.41, 5.74) is 27.3. The Morgan fingerprint density at radius 2 is 0.687 bits per heavy atom. The van der Waals surface area contributed by atoms with Crippen LogP contribution >= 0.6 is 11.6 Å². The van der Waals surface area contributed by atoms with Crippen LogP contribution in [0.3, 0.4) is 0 Å². The Balaban J connectivity index is 0.995. The minimum atomic E-state index is 0.0857. The molecule has 67 heavy (non-hydrogen) atoms. The van der Waals surface area contributed by atoms with Gasteiger partial charge in [-0.25, -0.2) is 0 Å². The van der Waals surface area contributed by atoms with Gasteiger partial charge in [0.2, 0.25) is 0 Å². The average molecular weight is 878 g/mol. The molecule has 13 heteroatoms. The maximum Gasteiger partial charge on any atom is 0.143 e. The third-order valence-electron chi connectivity index (χ3n) is 14.4. The quantitative estimate of drug-likeness (QED) is 0.220. The first-order valence-corrected chi connectivity index (χ1v) is 23.2. The molecule has 0 aliphatic rings. The Bertz CT molecular complexity index is 3170. The van der Waals surface area contributed by atoms with E-state index in [2.05, 4.69) is 168 Å². The molecule has 4 nitrogen and oxygen atoms in total. The molecule has 0 radical (unpaired) electrons. The Hall–Kier alpha value is -6.75. The standard InChI is InChI=1S/C54H47B8ClN2O2/c1-26-19-41(64-24-39(26)43-45(55)47(57)49(59)48(58)46(43)56)30-15-11-28(12-16-30)35-7-3-5-9-37(35)32-21-33(23-34(63)22-32)38-10-6-4-8-36(38)29-13-17-31(18-14-29)42-20-27(2)40(25-65-42)44-53(66)51(61)50(60)52(62)54(44)67/h3-25,66-67H,55-62H2,1-2H3. The normalized spacial score (nSPS) is 11.2. The first kappa shape index (κ1) is 45.4. The van der Waals surface area contributed by atoms with Crippen LogP contribution in [0.5, 0.6) is 11.5 Å². The van der Waals surface area contributed by atoms with Crippen LogP contribution < -0.4 is 43.7 Å². The number of nitrogens with zero attached hydrogens (tertiary/aromatic N) is 2. The summed E-state index contributed by atoms with van der Waals surface area (Å²) >= 11 is 6.99. The molecule has 0 fully saturated rings. The molecule has 0 amide bonds.